The highest BCUT2D eigenvalue weighted by Gasteiger charge is 2.29. The molecule has 1 aliphatic rings. The van der Waals surface area contributed by atoms with E-state index in [9.17, 15) is 0 Å². The van der Waals surface area contributed by atoms with Crippen LogP contribution < -0.4 is 10.6 Å². The third-order valence-corrected chi connectivity index (χ3v) is 5.14. The van der Waals surface area contributed by atoms with Crippen molar-refractivity contribution >= 4 is 17.7 Å². The summed E-state index contributed by atoms with van der Waals surface area (Å²) in [5.74, 6) is 2.19. The van der Waals surface area contributed by atoms with E-state index in [0.29, 0.717) is 4.75 Å². The molecule has 1 saturated heterocycles. The Bertz CT molecular complexity index is 441. The van der Waals surface area contributed by atoms with Crippen molar-refractivity contribution in [3.05, 3.63) is 30.1 Å². The number of nitrogens with one attached hydrogen (secondary N) is 2. The third kappa shape index (κ3) is 5.58. The van der Waals surface area contributed by atoms with Crippen LogP contribution in [0.3, 0.4) is 0 Å². The smallest absolute Gasteiger partial charge is 0.191 e. The van der Waals surface area contributed by atoms with Gasteiger partial charge in [-0.1, -0.05) is 6.07 Å². The first kappa shape index (κ1) is 16.1. The summed E-state index contributed by atoms with van der Waals surface area (Å²) in [6.07, 6.45) is 5.35. The lowest BCUT2D eigenvalue weighted by Gasteiger charge is -2.21. The van der Waals surface area contributed by atoms with Crippen LogP contribution in [0.15, 0.2) is 29.4 Å². The monoisotopic (exact) mass is 306 g/mol. The Morgan fingerprint density at radius 1 is 1.43 bits per heavy atom. The van der Waals surface area contributed by atoms with Gasteiger partial charge in [-0.15, -0.1) is 0 Å². The zero-order chi connectivity index (χ0) is 15.0. The SMILES string of the molecule is CCNC(=NCC1(C)CCCS1)NCCc1ccccn1. The van der Waals surface area contributed by atoms with E-state index in [2.05, 4.69) is 47.3 Å². The summed E-state index contributed by atoms with van der Waals surface area (Å²) in [5, 5.41) is 6.72. The molecule has 2 N–H and O–H groups in total. The molecule has 2 heterocycles. The van der Waals surface area contributed by atoms with Crippen molar-refractivity contribution in [2.75, 3.05) is 25.4 Å². The van der Waals surface area contributed by atoms with Gasteiger partial charge in [0.15, 0.2) is 5.96 Å². The zero-order valence-electron chi connectivity index (χ0n) is 13.1. The lowest BCUT2D eigenvalue weighted by molar-refractivity contribution is 0.614. The number of thioether (sulfide) groups is 1. The Morgan fingerprint density at radius 2 is 2.33 bits per heavy atom. The third-order valence-electron chi connectivity index (χ3n) is 3.62. The first-order valence-corrected chi connectivity index (χ1v) is 8.76. The Kier molecular flexibility index (Phi) is 6.36. The standard InChI is InChI=1S/C16H26N4S/c1-3-17-15(20-13-16(2)9-6-12-21-16)19-11-8-14-7-4-5-10-18-14/h4-5,7,10H,3,6,8-9,11-13H2,1-2H3,(H2,17,19,20). The number of guanidine groups is 1. The van der Waals surface area contributed by atoms with Crippen LogP contribution in [0.25, 0.3) is 0 Å². The fraction of sp³-hybridized carbons (Fsp3) is 0.625. The van der Waals surface area contributed by atoms with Crippen LogP contribution in [0.1, 0.15) is 32.4 Å². The number of nitrogens with zero attached hydrogens (tertiary/aromatic N) is 2. The van der Waals surface area contributed by atoms with Gasteiger partial charge in [-0.3, -0.25) is 9.98 Å². The normalized spacial score (nSPS) is 22.3. The molecule has 1 atom stereocenters. The predicted molar refractivity (Wildman–Crippen MR) is 92.0 cm³/mol. The second-order valence-corrected chi connectivity index (χ2v) is 7.28. The summed E-state index contributed by atoms with van der Waals surface area (Å²) in [4.78, 5) is 9.09. The largest absolute Gasteiger partial charge is 0.357 e. The fourth-order valence-electron chi connectivity index (χ4n) is 2.40. The summed E-state index contributed by atoms with van der Waals surface area (Å²) < 4.78 is 0.323. The second kappa shape index (κ2) is 8.27. The molecular formula is C16H26N4S. The van der Waals surface area contributed by atoms with Crippen molar-refractivity contribution in [2.45, 2.75) is 37.9 Å². The molecule has 0 saturated carbocycles. The van der Waals surface area contributed by atoms with Crippen molar-refractivity contribution in [1.29, 1.82) is 0 Å². The Labute approximate surface area is 132 Å². The van der Waals surface area contributed by atoms with Gasteiger partial charge in [-0.2, -0.15) is 11.8 Å². The molecule has 1 aromatic heterocycles. The van der Waals surface area contributed by atoms with Crippen LogP contribution in [-0.2, 0) is 6.42 Å². The number of hydrogen-bond acceptors (Lipinski definition) is 3. The highest BCUT2D eigenvalue weighted by Crippen LogP contribution is 2.37. The maximum Gasteiger partial charge on any atom is 0.191 e. The Hall–Kier alpha value is -1.23. The topological polar surface area (TPSA) is 49.3 Å². The van der Waals surface area contributed by atoms with Crippen molar-refractivity contribution in [3.63, 3.8) is 0 Å². The van der Waals surface area contributed by atoms with Gasteiger partial charge in [0.05, 0.1) is 6.54 Å². The molecule has 0 aromatic carbocycles. The lowest BCUT2D eigenvalue weighted by atomic mass is 10.1. The van der Waals surface area contributed by atoms with Crippen molar-refractivity contribution in [1.82, 2.24) is 15.6 Å². The number of pyridine rings is 1. The molecule has 1 unspecified atom stereocenters. The lowest BCUT2D eigenvalue weighted by Crippen LogP contribution is -2.39. The molecule has 21 heavy (non-hydrogen) atoms. The first-order chi connectivity index (χ1) is 10.2. The van der Waals surface area contributed by atoms with Gasteiger partial charge in [-0.25, -0.2) is 0 Å². The van der Waals surface area contributed by atoms with Gasteiger partial charge in [-0.05, 0) is 44.6 Å². The molecule has 2 rings (SSSR count). The van der Waals surface area contributed by atoms with E-state index in [-0.39, 0.29) is 0 Å². The number of aromatic nitrogens is 1. The van der Waals surface area contributed by atoms with Gasteiger partial charge < -0.3 is 10.6 Å². The minimum atomic E-state index is 0.323. The van der Waals surface area contributed by atoms with Crippen molar-refractivity contribution in [3.8, 4) is 0 Å². The van der Waals surface area contributed by atoms with E-state index >= 15 is 0 Å². The summed E-state index contributed by atoms with van der Waals surface area (Å²) in [7, 11) is 0. The summed E-state index contributed by atoms with van der Waals surface area (Å²) in [5.41, 5.74) is 1.11. The van der Waals surface area contributed by atoms with Gasteiger partial charge in [0.2, 0.25) is 0 Å². The second-order valence-electron chi connectivity index (χ2n) is 5.59. The average molecular weight is 306 g/mol. The highest BCUT2D eigenvalue weighted by molar-refractivity contribution is 8.00. The van der Waals surface area contributed by atoms with Gasteiger partial charge >= 0.3 is 0 Å². The number of rotatable bonds is 6. The van der Waals surface area contributed by atoms with E-state index in [1.807, 2.05) is 18.3 Å². The summed E-state index contributed by atoms with van der Waals surface area (Å²) in [6, 6.07) is 6.03. The molecule has 1 fully saturated rings. The molecule has 0 aliphatic carbocycles. The van der Waals surface area contributed by atoms with E-state index in [0.717, 1.165) is 37.7 Å². The summed E-state index contributed by atoms with van der Waals surface area (Å²) >= 11 is 2.05. The zero-order valence-corrected chi connectivity index (χ0v) is 13.9. The highest BCUT2D eigenvalue weighted by atomic mass is 32.2. The molecule has 116 valence electrons. The molecule has 0 bridgehead atoms. The molecule has 4 nitrogen and oxygen atoms in total. The van der Waals surface area contributed by atoms with Gasteiger partial charge in [0.1, 0.15) is 0 Å². The van der Waals surface area contributed by atoms with Crippen LogP contribution in [0.4, 0.5) is 0 Å². The van der Waals surface area contributed by atoms with E-state index in [4.69, 9.17) is 4.99 Å². The minimum absolute atomic E-state index is 0.323. The van der Waals surface area contributed by atoms with Crippen LogP contribution in [0.5, 0.6) is 0 Å². The van der Waals surface area contributed by atoms with Crippen molar-refractivity contribution in [2.24, 2.45) is 4.99 Å². The van der Waals surface area contributed by atoms with Gasteiger partial charge in [0, 0.05) is 36.1 Å². The van der Waals surface area contributed by atoms with E-state index in [1.165, 1.54) is 18.6 Å². The van der Waals surface area contributed by atoms with Crippen LogP contribution in [0, 0.1) is 0 Å². The maximum absolute atomic E-state index is 4.75. The molecule has 5 heteroatoms. The van der Waals surface area contributed by atoms with Gasteiger partial charge in [0.25, 0.3) is 0 Å². The Balaban J connectivity index is 1.80. The predicted octanol–water partition coefficient (Wildman–Crippen LogP) is 2.46. The molecule has 0 spiro atoms. The average Bonchev–Trinajstić information content (AvgIpc) is 2.93. The molecule has 0 amide bonds. The van der Waals surface area contributed by atoms with Crippen molar-refractivity contribution < 1.29 is 0 Å². The summed E-state index contributed by atoms with van der Waals surface area (Å²) in [6.45, 7) is 7.05. The first-order valence-electron chi connectivity index (χ1n) is 7.78. The number of aliphatic imine (C=N–C) groups is 1. The maximum atomic E-state index is 4.75. The Morgan fingerprint density at radius 3 is 3.00 bits per heavy atom. The number of hydrogen-bond donors (Lipinski definition) is 2. The van der Waals surface area contributed by atoms with E-state index < -0.39 is 0 Å². The molecule has 1 aromatic rings. The molecule has 0 radical (unpaired) electrons. The van der Waals surface area contributed by atoms with E-state index in [1.54, 1.807) is 0 Å². The van der Waals surface area contributed by atoms with Crippen LogP contribution >= 0.6 is 11.8 Å². The van der Waals surface area contributed by atoms with Crippen LogP contribution in [0.2, 0.25) is 0 Å². The molecular weight excluding hydrogens is 280 g/mol. The quantitative estimate of drug-likeness (QED) is 0.626. The van der Waals surface area contributed by atoms with Crippen LogP contribution in [-0.4, -0.2) is 41.1 Å². The minimum Gasteiger partial charge on any atom is -0.357 e. The fourth-order valence-corrected chi connectivity index (χ4v) is 3.63. The molecule has 1 aliphatic heterocycles.